The second kappa shape index (κ2) is 5.06. The van der Waals surface area contributed by atoms with Crippen molar-refractivity contribution in [2.75, 3.05) is 11.6 Å². The third kappa shape index (κ3) is 2.58. The minimum atomic E-state index is -3.09. The van der Waals surface area contributed by atoms with Crippen molar-refractivity contribution in [2.24, 2.45) is 5.41 Å². The molecule has 1 N–H and O–H groups in total. The lowest BCUT2D eigenvalue weighted by molar-refractivity contribution is 0.0571. The first-order valence-electron chi connectivity index (χ1n) is 7.56. The highest BCUT2D eigenvalue weighted by atomic mass is 32.2. The molecule has 20 heavy (non-hydrogen) atoms. The first-order valence-corrected chi connectivity index (χ1v) is 9.45. The zero-order valence-corrected chi connectivity index (χ0v) is 12.9. The first-order chi connectivity index (χ1) is 9.50. The van der Waals surface area contributed by atoms with E-state index in [0.717, 1.165) is 5.69 Å². The van der Waals surface area contributed by atoms with E-state index in [1.807, 2.05) is 12.1 Å². The van der Waals surface area contributed by atoms with Gasteiger partial charge in [-0.1, -0.05) is 19.3 Å². The number of benzene rings is 1. The molecule has 1 aromatic carbocycles. The van der Waals surface area contributed by atoms with Crippen LogP contribution in [0, 0.1) is 5.41 Å². The SMILES string of the molecule is CS(=O)(=O)c1ccc(NC2CCC23CCCCC3)cc1. The lowest BCUT2D eigenvalue weighted by Crippen LogP contribution is -2.50. The van der Waals surface area contributed by atoms with Gasteiger partial charge in [0.25, 0.3) is 0 Å². The zero-order valence-electron chi connectivity index (χ0n) is 12.1. The molecule has 2 aliphatic rings. The molecule has 0 bridgehead atoms. The van der Waals surface area contributed by atoms with Crippen LogP contribution in [0.15, 0.2) is 29.2 Å². The van der Waals surface area contributed by atoms with E-state index in [0.29, 0.717) is 16.4 Å². The van der Waals surface area contributed by atoms with Gasteiger partial charge in [0.2, 0.25) is 0 Å². The predicted octanol–water partition coefficient (Wildman–Crippen LogP) is 3.61. The summed E-state index contributed by atoms with van der Waals surface area (Å²) in [6.07, 6.45) is 10.7. The van der Waals surface area contributed by atoms with Crippen LogP contribution in [0.25, 0.3) is 0 Å². The number of rotatable bonds is 3. The normalized spacial score (nSPS) is 25.1. The van der Waals surface area contributed by atoms with Crippen LogP contribution in [-0.4, -0.2) is 20.7 Å². The fourth-order valence-electron chi connectivity index (χ4n) is 3.78. The van der Waals surface area contributed by atoms with Crippen molar-refractivity contribution < 1.29 is 8.42 Å². The minimum Gasteiger partial charge on any atom is -0.382 e. The highest BCUT2D eigenvalue weighted by molar-refractivity contribution is 7.90. The number of hydrogen-bond acceptors (Lipinski definition) is 3. The van der Waals surface area contributed by atoms with E-state index >= 15 is 0 Å². The van der Waals surface area contributed by atoms with E-state index in [1.54, 1.807) is 12.1 Å². The molecule has 0 aromatic heterocycles. The molecule has 1 atom stereocenters. The maximum atomic E-state index is 11.5. The van der Waals surface area contributed by atoms with E-state index in [-0.39, 0.29) is 0 Å². The molecule has 2 saturated carbocycles. The van der Waals surface area contributed by atoms with Crippen molar-refractivity contribution in [2.45, 2.75) is 55.9 Å². The van der Waals surface area contributed by atoms with Gasteiger partial charge in [0.05, 0.1) is 4.90 Å². The van der Waals surface area contributed by atoms with Gasteiger partial charge in [0, 0.05) is 18.0 Å². The number of hydrogen-bond donors (Lipinski definition) is 1. The molecule has 0 heterocycles. The fourth-order valence-corrected chi connectivity index (χ4v) is 4.41. The molecule has 110 valence electrons. The molecule has 2 fully saturated rings. The Morgan fingerprint density at radius 3 is 2.20 bits per heavy atom. The van der Waals surface area contributed by atoms with Gasteiger partial charge in [-0.25, -0.2) is 8.42 Å². The molecular weight excluding hydrogens is 270 g/mol. The number of anilines is 1. The van der Waals surface area contributed by atoms with Crippen LogP contribution in [0.1, 0.15) is 44.9 Å². The van der Waals surface area contributed by atoms with Gasteiger partial charge in [0.15, 0.2) is 9.84 Å². The standard InChI is InChI=1S/C16H23NO2S/c1-20(18,19)14-7-5-13(6-8-14)17-15-9-12-16(15)10-3-2-4-11-16/h5-8,15,17H,2-4,9-12H2,1H3. The maximum Gasteiger partial charge on any atom is 0.175 e. The maximum absolute atomic E-state index is 11.5. The Morgan fingerprint density at radius 2 is 1.70 bits per heavy atom. The summed E-state index contributed by atoms with van der Waals surface area (Å²) in [4.78, 5) is 0.393. The molecule has 0 amide bonds. The average molecular weight is 293 g/mol. The van der Waals surface area contributed by atoms with Crippen LogP contribution < -0.4 is 5.32 Å². The fraction of sp³-hybridized carbons (Fsp3) is 0.625. The van der Waals surface area contributed by atoms with Crippen molar-refractivity contribution in [1.29, 1.82) is 0 Å². The Morgan fingerprint density at radius 1 is 1.05 bits per heavy atom. The zero-order chi connectivity index (χ0) is 14.2. The van der Waals surface area contributed by atoms with Gasteiger partial charge in [-0.3, -0.25) is 0 Å². The summed E-state index contributed by atoms with van der Waals surface area (Å²) in [6.45, 7) is 0. The van der Waals surface area contributed by atoms with Crippen LogP contribution in [0.2, 0.25) is 0 Å². The van der Waals surface area contributed by atoms with Gasteiger partial charge in [0.1, 0.15) is 0 Å². The van der Waals surface area contributed by atoms with E-state index in [1.165, 1.54) is 51.2 Å². The first kappa shape index (κ1) is 13.9. The smallest absolute Gasteiger partial charge is 0.175 e. The Labute approximate surface area is 121 Å². The summed E-state index contributed by atoms with van der Waals surface area (Å²) in [5.41, 5.74) is 1.57. The number of nitrogens with one attached hydrogen (secondary N) is 1. The molecule has 0 saturated heterocycles. The lowest BCUT2D eigenvalue weighted by atomic mass is 9.57. The highest BCUT2D eigenvalue weighted by Gasteiger charge is 2.46. The third-order valence-corrected chi connectivity index (χ3v) is 6.27. The van der Waals surface area contributed by atoms with E-state index < -0.39 is 9.84 Å². The van der Waals surface area contributed by atoms with Crippen molar-refractivity contribution in [1.82, 2.24) is 0 Å². The average Bonchev–Trinajstić information content (AvgIpc) is 2.44. The van der Waals surface area contributed by atoms with E-state index in [9.17, 15) is 8.42 Å². The van der Waals surface area contributed by atoms with Crippen LogP contribution in [0.5, 0.6) is 0 Å². The molecule has 4 heteroatoms. The van der Waals surface area contributed by atoms with Gasteiger partial charge in [-0.05, 0) is 55.4 Å². The Hall–Kier alpha value is -1.03. The minimum absolute atomic E-state index is 0.393. The van der Waals surface area contributed by atoms with Crippen molar-refractivity contribution >= 4 is 15.5 Å². The van der Waals surface area contributed by atoms with Crippen LogP contribution in [0.4, 0.5) is 5.69 Å². The van der Waals surface area contributed by atoms with E-state index in [4.69, 9.17) is 0 Å². The summed E-state index contributed by atoms with van der Waals surface area (Å²) in [5, 5.41) is 3.62. The van der Waals surface area contributed by atoms with Crippen LogP contribution >= 0.6 is 0 Å². The van der Waals surface area contributed by atoms with Gasteiger partial charge in [-0.2, -0.15) is 0 Å². The number of sulfone groups is 1. The topological polar surface area (TPSA) is 46.2 Å². The largest absolute Gasteiger partial charge is 0.382 e. The predicted molar refractivity (Wildman–Crippen MR) is 81.7 cm³/mol. The molecule has 2 aliphatic carbocycles. The lowest BCUT2D eigenvalue weighted by Gasteiger charge is -2.52. The molecule has 1 aromatic rings. The quantitative estimate of drug-likeness (QED) is 0.926. The summed E-state index contributed by atoms with van der Waals surface area (Å²) < 4.78 is 22.9. The second-order valence-corrected chi connectivity index (χ2v) is 8.47. The Bertz CT molecular complexity index is 571. The van der Waals surface area contributed by atoms with Crippen molar-refractivity contribution in [3.8, 4) is 0 Å². The summed E-state index contributed by atoms with van der Waals surface area (Å²) in [6, 6.07) is 7.76. The molecule has 1 spiro atoms. The molecule has 0 aliphatic heterocycles. The Kier molecular flexibility index (Phi) is 3.53. The van der Waals surface area contributed by atoms with Gasteiger partial charge < -0.3 is 5.32 Å². The molecule has 3 rings (SSSR count). The summed E-state index contributed by atoms with van der Waals surface area (Å²) in [7, 11) is -3.09. The third-order valence-electron chi connectivity index (χ3n) is 5.14. The summed E-state index contributed by atoms with van der Waals surface area (Å²) in [5.74, 6) is 0. The van der Waals surface area contributed by atoms with E-state index in [2.05, 4.69) is 5.32 Å². The van der Waals surface area contributed by atoms with Crippen molar-refractivity contribution in [3.05, 3.63) is 24.3 Å². The van der Waals surface area contributed by atoms with Gasteiger partial charge in [-0.15, -0.1) is 0 Å². The Balaban J connectivity index is 1.69. The molecular formula is C16H23NO2S. The van der Waals surface area contributed by atoms with Crippen LogP contribution in [0.3, 0.4) is 0 Å². The van der Waals surface area contributed by atoms with Gasteiger partial charge >= 0.3 is 0 Å². The monoisotopic (exact) mass is 293 g/mol. The van der Waals surface area contributed by atoms with Crippen LogP contribution in [-0.2, 0) is 9.84 Å². The second-order valence-electron chi connectivity index (χ2n) is 6.46. The van der Waals surface area contributed by atoms with Crippen molar-refractivity contribution in [3.63, 3.8) is 0 Å². The molecule has 3 nitrogen and oxygen atoms in total. The molecule has 0 radical (unpaired) electrons. The highest BCUT2D eigenvalue weighted by Crippen LogP contribution is 2.52. The summed E-state index contributed by atoms with van der Waals surface area (Å²) >= 11 is 0. The molecule has 1 unspecified atom stereocenters.